The van der Waals surface area contributed by atoms with E-state index in [0.717, 1.165) is 0 Å². The highest BCUT2D eigenvalue weighted by atomic mass is 35.5. The summed E-state index contributed by atoms with van der Waals surface area (Å²) in [5, 5.41) is 29.9. The van der Waals surface area contributed by atoms with Gasteiger partial charge in [-0.25, -0.2) is 4.39 Å². The first kappa shape index (κ1) is 19.9. The van der Waals surface area contributed by atoms with Gasteiger partial charge in [-0.2, -0.15) is 15.8 Å². The Labute approximate surface area is 168 Å². The summed E-state index contributed by atoms with van der Waals surface area (Å²) in [6, 6.07) is 10.5. The Kier molecular flexibility index (Phi) is 5.18. The van der Waals surface area contributed by atoms with E-state index in [9.17, 15) is 20.2 Å². The van der Waals surface area contributed by atoms with Crippen LogP contribution in [0.4, 0.5) is 4.39 Å². The van der Waals surface area contributed by atoms with Gasteiger partial charge in [-0.15, -0.1) is 0 Å². The first-order valence-corrected chi connectivity index (χ1v) is 9.31. The Balaban J connectivity index is 2.37. The number of nitriles is 3. The van der Waals surface area contributed by atoms with Crippen LogP contribution < -0.4 is 5.73 Å². The van der Waals surface area contributed by atoms with Crippen molar-refractivity contribution in [3.63, 3.8) is 0 Å². The van der Waals surface area contributed by atoms with Gasteiger partial charge in [0.2, 0.25) is 0 Å². The van der Waals surface area contributed by atoms with Gasteiger partial charge in [0, 0.05) is 41.6 Å². The van der Waals surface area contributed by atoms with Crippen molar-refractivity contribution >= 4 is 11.6 Å². The Morgan fingerprint density at radius 1 is 1.29 bits per heavy atom. The molecule has 0 amide bonds. The summed E-state index contributed by atoms with van der Waals surface area (Å²) in [6.45, 7) is 5.13. The zero-order valence-corrected chi connectivity index (χ0v) is 16.3. The summed E-state index contributed by atoms with van der Waals surface area (Å²) in [5.41, 5.74) is 5.07. The highest BCUT2D eigenvalue weighted by Gasteiger charge is 2.55. The lowest BCUT2D eigenvalue weighted by molar-refractivity contribution is 0.172. The molecule has 3 rings (SSSR count). The van der Waals surface area contributed by atoms with Gasteiger partial charge in [0.05, 0.1) is 23.4 Å². The number of halogens is 2. The molecule has 0 bridgehead atoms. The van der Waals surface area contributed by atoms with E-state index in [-0.39, 0.29) is 27.9 Å². The largest absolute Gasteiger partial charge is 0.399 e. The fourth-order valence-corrected chi connectivity index (χ4v) is 4.52. The molecule has 0 radical (unpaired) electrons. The quantitative estimate of drug-likeness (QED) is 0.824. The Bertz CT molecular complexity index is 971. The van der Waals surface area contributed by atoms with Crippen molar-refractivity contribution in [2.24, 2.45) is 17.1 Å². The number of benzene rings is 1. The van der Waals surface area contributed by atoms with E-state index in [1.54, 1.807) is 0 Å². The molecule has 2 atom stereocenters. The molecule has 2 aliphatic rings. The molecule has 5 nitrogen and oxygen atoms in total. The molecule has 1 aliphatic heterocycles. The molecule has 0 unspecified atom stereocenters. The summed E-state index contributed by atoms with van der Waals surface area (Å²) >= 11 is 6.34. The van der Waals surface area contributed by atoms with Crippen LogP contribution >= 0.6 is 11.6 Å². The Morgan fingerprint density at radius 2 is 1.96 bits per heavy atom. The van der Waals surface area contributed by atoms with Crippen LogP contribution in [0.15, 0.2) is 41.1 Å². The normalized spacial score (nSPS) is 24.0. The number of allylic oxidation sites excluding steroid dienone is 2. The van der Waals surface area contributed by atoms with E-state index >= 15 is 0 Å². The lowest BCUT2D eigenvalue weighted by Crippen LogP contribution is -2.49. The van der Waals surface area contributed by atoms with E-state index in [2.05, 4.69) is 11.0 Å². The molecule has 7 heteroatoms. The number of fused-ring (bicyclic) bond motifs is 1. The minimum Gasteiger partial charge on any atom is -0.399 e. The Morgan fingerprint density at radius 3 is 2.50 bits per heavy atom. The maximum atomic E-state index is 14.9. The highest BCUT2D eigenvalue weighted by Crippen LogP contribution is 2.55. The van der Waals surface area contributed by atoms with Gasteiger partial charge in [0.25, 0.3) is 0 Å². The second-order valence-electron chi connectivity index (χ2n) is 7.36. The fraction of sp³-hybridized carbons (Fsp3) is 0.381. The molecule has 0 aromatic heterocycles. The van der Waals surface area contributed by atoms with Gasteiger partial charge < -0.3 is 5.73 Å². The van der Waals surface area contributed by atoms with Gasteiger partial charge in [-0.05, 0) is 31.6 Å². The zero-order valence-electron chi connectivity index (χ0n) is 15.6. The molecule has 0 saturated heterocycles. The summed E-state index contributed by atoms with van der Waals surface area (Å²) in [6.07, 6.45) is 1.89. The van der Waals surface area contributed by atoms with Crippen LogP contribution in [0.1, 0.15) is 25.3 Å². The second kappa shape index (κ2) is 7.28. The number of hydrogen-bond acceptors (Lipinski definition) is 5. The smallest absolute Gasteiger partial charge is 0.191 e. The molecule has 0 fully saturated rings. The van der Waals surface area contributed by atoms with Crippen LogP contribution in [0, 0.1) is 51.1 Å². The topological polar surface area (TPSA) is 101 Å². The third-order valence-corrected chi connectivity index (χ3v) is 6.06. The van der Waals surface area contributed by atoms with Crippen molar-refractivity contribution in [3.05, 3.63) is 57.5 Å². The molecule has 142 valence electrons. The maximum absolute atomic E-state index is 14.9. The molecule has 1 aromatic carbocycles. The third-order valence-electron chi connectivity index (χ3n) is 5.73. The molecule has 0 spiro atoms. The number of nitrogens with two attached hydrogens (primary N) is 1. The van der Waals surface area contributed by atoms with E-state index < -0.39 is 23.1 Å². The summed E-state index contributed by atoms with van der Waals surface area (Å²) < 4.78 is 14.9. The van der Waals surface area contributed by atoms with Gasteiger partial charge in [0.15, 0.2) is 5.41 Å². The van der Waals surface area contributed by atoms with Crippen LogP contribution in [0.25, 0.3) is 0 Å². The molecule has 0 saturated carbocycles. The van der Waals surface area contributed by atoms with Crippen LogP contribution in [0.5, 0.6) is 0 Å². The minimum absolute atomic E-state index is 0.0914. The highest BCUT2D eigenvalue weighted by molar-refractivity contribution is 6.31. The molecule has 28 heavy (non-hydrogen) atoms. The van der Waals surface area contributed by atoms with E-state index in [1.165, 1.54) is 18.2 Å². The van der Waals surface area contributed by atoms with Crippen molar-refractivity contribution in [2.75, 3.05) is 13.1 Å². The lowest BCUT2D eigenvalue weighted by atomic mass is 9.58. The van der Waals surface area contributed by atoms with Gasteiger partial charge in [0.1, 0.15) is 11.9 Å². The van der Waals surface area contributed by atoms with Crippen LogP contribution in [0.3, 0.4) is 0 Å². The van der Waals surface area contributed by atoms with E-state index in [1.807, 2.05) is 32.1 Å². The van der Waals surface area contributed by atoms with Crippen molar-refractivity contribution < 1.29 is 4.39 Å². The standard InChI is InChI=1S/C21H19ClFN5/c1-12(2)28-7-6-13-14(8-24)20(27)21(10-25,11-26)19(15(13)9-28)18-16(22)4-3-5-17(18)23/h3-6,12,15,19H,7,9,27H2,1-2H3/t15-,19-/m0/s1. The first-order valence-electron chi connectivity index (χ1n) is 8.93. The lowest BCUT2D eigenvalue weighted by Gasteiger charge is -2.46. The predicted octanol–water partition coefficient (Wildman–Crippen LogP) is 3.61. The Hall–Kier alpha value is -2.85. The number of nitrogens with zero attached hydrogens (tertiary/aromatic N) is 4. The minimum atomic E-state index is -1.89. The van der Waals surface area contributed by atoms with E-state index in [4.69, 9.17) is 17.3 Å². The van der Waals surface area contributed by atoms with Crippen LogP contribution in [-0.2, 0) is 0 Å². The van der Waals surface area contributed by atoms with Crippen molar-refractivity contribution in [1.82, 2.24) is 4.90 Å². The average molecular weight is 396 g/mol. The van der Waals surface area contributed by atoms with Crippen molar-refractivity contribution in [3.8, 4) is 18.2 Å². The molecule has 1 aliphatic carbocycles. The average Bonchev–Trinajstić information content (AvgIpc) is 2.68. The van der Waals surface area contributed by atoms with Crippen LogP contribution in [0.2, 0.25) is 5.02 Å². The molecular weight excluding hydrogens is 377 g/mol. The van der Waals surface area contributed by atoms with Crippen LogP contribution in [-0.4, -0.2) is 24.0 Å². The SMILES string of the molecule is CC(C)N1CC=C2C(C#N)=C(N)C(C#N)(C#N)[C@H](c3c(F)cccc3Cl)[C@H]2C1. The summed E-state index contributed by atoms with van der Waals surface area (Å²) in [4.78, 5) is 2.14. The molecular formula is C21H19ClFN5. The monoisotopic (exact) mass is 395 g/mol. The van der Waals surface area contributed by atoms with Gasteiger partial charge in [-0.3, -0.25) is 4.90 Å². The number of rotatable bonds is 2. The maximum Gasteiger partial charge on any atom is 0.191 e. The fourth-order valence-electron chi connectivity index (χ4n) is 4.24. The molecule has 2 N–H and O–H groups in total. The van der Waals surface area contributed by atoms with E-state index in [0.29, 0.717) is 18.7 Å². The summed E-state index contributed by atoms with van der Waals surface area (Å²) in [7, 11) is 0. The van der Waals surface area contributed by atoms with Gasteiger partial charge >= 0.3 is 0 Å². The first-order chi connectivity index (χ1) is 13.3. The van der Waals surface area contributed by atoms with Crippen molar-refractivity contribution in [1.29, 1.82) is 15.8 Å². The molecule has 1 aromatic rings. The van der Waals surface area contributed by atoms with Crippen molar-refractivity contribution in [2.45, 2.75) is 25.8 Å². The van der Waals surface area contributed by atoms with Gasteiger partial charge in [-0.1, -0.05) is 23.7 Å². The second-order valence-corrected chi connectivity index (χ2v) is 7.77. The molecule has 1 heterocycles. The third kappa shape index (κ3) is 2.76. The number of hydrogen-bond donors (Lipinski definition) is 1. The predicted molar refractivity (Wildman–Crippen MR) is 103 cm³/mol. The summed E-state index contributed by atoms with van der Waals surface area (Å²) in [5.74, 6) is -1.99. The zero-order chi connectivity index (χ0) is 20.6.